The topological polar surface area (TPSA) is 40.5 Å². The maximum atomic E-state index is 10.5. The Balaban J connectivity index is 1.97. The molecule has 17 heavy (non-hydrogen) atoms. The molecule has 1 heterocycles. The molecule has 1 aliphatic rings. The van der Waals surface area contributed by atoms with E-state index in [1.165, 1.54) is 0 Å². The first-order valence-corrected chi connectivity index (χ1v) is 7.80. The molecule has 0 spiro atoms. The van der Waals surface area contributed by atoms with Crippen LogP contribution in [0.1, 0.15) is 37.5 Å². The highest BCUT2D eigenvalue weighted by Crippen LogP contribution is 2.35. The van der Waals surface area contributed by atoms with Gasteiger partial charge in [0.2, 0.25) is 0 Å². The summed E-state index contributed by atoms with van der Waals surface area (Å²) in [6, 6.07) is 2.02. The summed E-state index contributed by atoms with van der Waals surface area (Å²) in [6.45, 7) is 2.21. The first kappa shape index (κ1) is 13.5. The van der Waals surface area contributed by atoms with Crippen LogP contribution in [0.3, 0.4) is 0 Å². The van der Waals surface area contributed by atoms with E-state index < -0.39 is 11.7 Å². The molecular weight excluding hydrogens is 300 g/mol. The van der Waals surface area contributed by atoms with E-state index in [-0.39, 0.29) is 0 Å². The van der Waals surface area contributed by atoms with Gasteiger partial charge in [-0.25, -0.2) is 0 Å². The van der Waals surface area contributed by atoms with Gasteiger partial charge in [-0.2, -0.15) is 0 Å². The summed E-state index contributed by atoms with van der Waals surface area (Å²) in [5.41, 5.74) is -0.872. The maximum absolute atomic E-state index is 10.5. The van der Waals surface area contributed by atoms with Gasteiger partial charge in [-0.05, 0) is 53.6 Å². The highest BCUT2D eigenvalue weighted by atomic mass is 79.9. The lowest BCUT2D eigenvalue weighted by molar-refractivity contribution is -0.102. The summed E-state index contributed by atoms with van der Waals surface area (Å²) in [7, 11) is 0. The Bertz CT molecular complexity index is 369. The maximum Gasteiger partial charge on any atom is 0.0909 e. The second kappa shape index (κ2) is 5.39. The molecule has 1 aromatic heterocycles. The van der Waals surface area contributed by atoms with Crippen LogP contribution in [0.5, 0.6) is 0 Å². The van der Waals surface area contributed by atoms with Crippen LogP contribution in [0.2, 0.25) is 0 Å². The van der Waals surface area contributed by atoms with Crippen molar-refractivity contribution in [3.8, 4) is 0 Å². The predicted octanol–water partition coefficient (Wildman–Crippen LogP) is 3.36. The zero-order chi connectivity index (χ0) is 12.5. The van der Waals surface area contributed by atoms with E-state index in [0.717, 1.165) is 35.0 Å². The predicted molar refractivity (Wildman–Crippen MR) is 74.3 cm³/mol. The number of halogens is 1. The Hall–Kier alpha value is 0.1000. The van der Waals surface area contributed by atoms with Crippen molar-refractivity contribution < 1.29 is 10.2 Å². The van der Waals surface area contributed by atoms with E-state index >= 15 is 0 Å². The van der Waals surface area contributed by atoms with Gasteiger partial charge < -0.3 is 10.2 Å². The zero-order valence-electron chi connectivity index (χ0n) is 10.0. The molecule has 2 N–H and O–H groups in total. The van der Waals surface area contributed by atoms with Crippen molar-refractivity contribution in [2.75, 3.05) is 0 Å². The lowest BCUT2D eigenvalue weighted by atomic mass is 9.76. The van der Waals surface area contributed by atoms with Crippen LogP contribution in [0.4, 0.5) is 0 Å². The van der Waals surface area contributed by atoms with Crippen molar-refractivity contribution >= 4 is 27.3 Å². The Labute approximate surface area is 115 Å². The first-order valence-electron chi connectivity index (χ1n) is 6.13. The van der Waals surface area contributed by atoms with Gasteiger partial charge >= 0.3 is 0 Å². The molecule has 1 unspecified atom stereocenters. The van der Waals surface area contributed by atoms with Crippen LogP contribution < -0.4 is 0 Å². The molecule has 0 amide bonds. The summed E-state index contributed by atoms with van der Waals surface area (Å²) < 4.78 is 1.05. The third-order valence-electron chi connectivity index (χ3n) is 3.78. The third kappa shape index (κ3) is 3.31. The summed E-state index contributed by atoms with van der Waals surface area (Å²) >= 11 is 5.03. The van der Waals surface area contributed by atoms with E-state index in [2.05, 4.69) is 22.9 Å². The second-order valence-electron chi connectivity index (χ2n) is 5.24. The van der Waals surface area contributed by atoms with Crippen LogP contribution in [0.15, 0.2) is 15.9 Å². The Morgan fingerprint density at radius 3 is 2.71 bits per heavy atom. The van der Waals surface area contributed by atoms with Crippen LogP contribution in [-0.2, 0) is 6.42 Å². The average molecular weight is 319 g/mol. The lowest BCUT2D eigenvalue weighted by Gasteiger charge is -2.38. The van der Waals surface area contributed by atoms with Gasteiger partial charge in [-0.3, -0.25) is 0 Å². The van der Waals surface area contributed by atoms with Gasteiger partial charge in [0, 0.05) is 21.2 Å². The molecule has 1 aromatic rings. The standard InChI is InChI=1S/C13H19BrO2S/c1-9-2-4-13(16,5-3-9)12(15)7-11-6-10(14)8-17-11/h6,8-9,12,15-16H,2-5,7H2,1H3. The first-order chi connectivity index (χ1) is 7.99. The second-order valence-corrected chi connectivity index (χ2v) is 7.15. The van der Waals surface area contributed by atoms with Crippen LogP contribution in [0.25, 0.3) is 0 Å². The molecule has 1 aliphatic carbocycles. The number of thiophene rings is 1. The van der Waals surface area contributed by atoms with Crippen molar-refractivity contribution in [1.29, 1.82) is 0 Å². The molecule has 1 fully saturated rings. The van der Waals surface area contributed by atoms with E-state index in [0.29, 0.717) is 12.3 Å². The molecule has 0 bridgehead atoms. The fraction of sp³-hybridized carbons (Fsp3) is 0.692. The van der Waals surface area contributed by atoms with Crippen molar-refractivity contribution in [1.82, 2.24) is 0 Å². The minimum Gasteiger partial charge on any atom is -0.390 e. The number of hydrogen-bond acceptors (Lipinski definition) is 3. The molecule has 96 valence electrons. The van der Waals surface area contributed by atoms with Gasteiger partial charge in [-0.1, -0.05) is 6.92 Å². The molecule has 0 saturated heterocycles. The van der Waals surface area contributed by atoms with E-state index in [9.17, 15) is 10.2 Å². The van der Waals surface area contributed by atoms with Gasteiger partial charge in [0.25, 0.3) is 0 Å². The monoisotopic (exact) mass is 318 g/mol. The molecular formula is C13H19BrO2S. The van der Waals surface area contributed by atoms with Gasteiger partial charge in [0.1, 0.15) is 0 Å². The van der Waals surface area contributed by atoms with Crippen molar-refractivity contribution in [3.05, 3.63) is 20.8 Å². The molecule has 1 atom stereocenters. The minimum atomic E-state index is -0.872. The molecule has 0 aromatic carbocycles. The van der Waals surface area contributed by atoms with Crippen LogP contribution in [0, 0.1) is 5.92 Å². The number of aliphatic hydroxyl groups is 2. The molecule has 1 saturated carbocycles. The minimum absolute atomic E-state index is 0.557. The molecule has 2 nitrogen and oxygen atoms in total. The van der Waals surface area contributed by atoms with E-state index in [1.54, 1.807) is 11.3 Å². The highest BCUT2D eigenvalue weighted by Gasteiger charge is 2.38. The van der Waals surface area contributed by atoms with Crippen molar-refractivity contribution in [2.24, 2.45) is 5.92 Å². The lowest BCUT2D eigenvalue weighted by Crippen LogP contribution is -2.46. The average Bonchev–Trinajstić information content (AvgIpc) is 2.68. The SMILES string of the molecule is CC1CCC(O)(C(O)Cc2cc(Br)cs2)CC1. The van der Waals surface area contributed by atoms with Gasteiger partial charge in [-0.15, -0.1) is 11.3 Å². The fourth-order valence-corrected chi connectivity index (χ4v) is 3.93. The summed E-state index contributed by atoms with van der Waals surface area (Å²) in [6.07, 6.45) is 3.40. The summed E-state index contributed by atoms with van der Waals surface area (Å²) in [5, 5.41) is 22.7. The summed E-state index contributed by atoms with van der Waals surface area (Å²) in [5.74, 6) is 0.679. The number of rotatable bonds is 3. The van der Waals surface area contributed by atoms with Gasteiger partial charge in [0.05, 0.1) is 11.7 Å². The Morgan fingerprint density at radius 2 is 2.18 bits per heavy atom. The fourth-order valence-electron chi connectivity index (χ4n) is 2.44. The van der Waals surface area contributed by atoms with Crippen LogP contribution >= 0.6 is 27.3 Å². The molecule has 0 aliphatic heterocycles. The van der Waals surface area contributed by atoms with Crippen LogP contribution in [-0.4, -0.2) is 21.9 Å². The highest BCUT2D eigenvalue weighted by molar-refractivity contribution is 9.10. The Kier molecular flexibility index (Phi) is 4.29. The van der Waals surface area contributed by atoms with Gasteiger partial charge in [0.15, 0.2) is 0 Å². The van der Waals surface area contributed by atoms with Crippen molar-refractivity contribution in [3.63, 3.8) is 0 Å². The number of aliphatic hydroxyl groups excluding tert-OH is 1. The molecule has 0 radical (unpaired) electrons. The molecule has 4 heteroatoms. The molecule has 2 rings (SSSR count). The largest absolute Gasteiger partial charge is 0.390 e. The quantitative estimate of drug-likeness (QED) is 0.897. The Morgan fingerprint density at radius 1 is 1.53 bits per heavy atom. The third-order valence-corrected chi connectivity index (χ3v) is 5.50. The zero-order valence-corrected chi connectivity index (χ0v) is 12.4. The summed E-state index contributed by atoms with van der Waals surface area (Å²) in [4.78, 5) is 1.12. The van der Waals surface area contributed by atoms with E-state index in [4.69, 9.17) is 0 Å². The van der Waals surface area contributed by atoms with Crippen molar-refractivity contribution in [2.45, 2.75) is 50.7 Å². The smallest absolute Gasteiger partial charge is 0.0909 e. The number of hydrogen-bond donors (Lipinski definition) is 2. The normalized spacial score (nSPS) is 31.4. The van der Waals surface area contributed by atoms with E-state index in [1.807, 2.05) is 11.4 Å².